The molecule has 2 aliphatic rings. The Bertz CT molecular complexity index is 1060. The highest BCUT2D eigenvalue weighted by atomic mass is 16.5. The van der Waals surface area contributed by atoms with Crippen molar-refractivity contribution in [3.05, 3.63) is 44.4 Å². The van der Waals surface area contributed by atoms with Crippen molar-refractivity contribution in [3.63, 3.8) is 0 Å². The van der Waals surface area contributed by atoms with Gasteiger partial charge < -0.3 is 14.5 Å². The molecule has 2 aliphatic carbocycles. The van der Waals surface area contributed by atoms with Crippen LogP contribution in [-0.4, -0.2) is 30.8 Å². The van der Waals surface area contributed by atoms with Gasteiger partial charge in [-0.25, -0.2) is 0 Å². The largest absolute Gasteiger partial charge is 0.493 e. The van der Waals surface area contributed by atoms with Crippen molar-refractivity contribution in [2.24, 2.45) is 0 Å². The van der Waals surface area contributed by atoms with Crippen molar-refractivity contribution in [1.29, 1.82) is 0 Å². The van der Waals surface area contributed by atoms with Crippen LogP contribution in [0.15, 0.2) is 12.1 Å². The monoisotopic (exact) mass is 295 g/mol. The highest BCUT2D eigenvalue weighted by molar-refractivity contribution is 6.46. The summed E-state index contributed by atoms with van der Waals surface area (Å²) in [6.45, 7) is 0. The molecule has 2 aromatic rings. The molecule has 4 rings (SSSR count). The molecular weight excluding hydrogens is 282 g/mol. The molecule has 0 saturated heterocycles. The molecule has 0 atom stereocenters. The van der Waals surface area contributed by atoms with E-state index in [1.807, 2.05) is 18.2 Å². The highest BCUT2D eigenvalue weighted by Crippen LogP contribution is 2.26. The fourth-order valence-electron chi connectivity index (χ4n) is 3.10. The highest BCUT2D eigenvalue weighted by Gasteiger charge is 2.26. The first-order chi connectivity index (χ1) is 10.6. The Morgan fingerprint density at radius 1 is 1.09 bits per heavy atom. The maximum Gasteiger partial charge on any atom is 0.231 e. The number of ketones is 2. The summed E-state index contributed by atoms with van der Waals surface area (Å²) in [6.07, 6.45) is 3.84. The number of hydrogen-bond donors (Lipinski definition) is 1. The van der Waals surface area contributed by atoms with Crippen molar-refractivity contribution >= 4 is 23.7 Å². The average Bonchev–Trinajstić information content (AvgIpc) is 3.05. The molecule has 1 aromatic carbocycles. The molecule has 5 nitrogen and oxygen atoms in total. The van der Waals surface area contributed by atoms with E-state index >= 15 is 0 Å². The SMILES string of the molecule is COc1cc2c(cc1OC)=c1[nH]c3c(c1C=2)C(=O)C(=O)CC=3. The van der Waals surface area contributed by atoms with E-state index in [2.05, 4.69) is 4.98 Å². The summed E-state index contributed by atoms with van der Waals surface area (Å²) in [5, 5.41) is 3.45. The van der Waals surface area contributed by atoms with Gasteiger partial charge in [-0.15, -0.1) is 0 Å². The number of Topliss-reactive ketones (excluding diaryl/α,β-unsaturated/α-hetero) is 2. The molecule has 5 heteroatoms. The number of ether oxygens (including phenoxy) is 2. The molecular formula is C17H13NO4. The first-order valence-electron chi connectivity index (χ1n) is 6.92. The minimum atomic E-state index is -0.419. The normalized spacial score (nSPS) is 14.6. The van der Waals surface area contributed by atoms with Crippen molar-refractivity contribution in [3.8, 4) is 11.5 Å². The minimum absolute atomic E-state index is 0.157. The summed E-state index contributed by atoms with van der Waals surface area (Å²) in [6, 6.07) is 3.75. The van der Waals surface area contributed by atoms with Gasteiger partial charge >= 0.3 is 0 Å². The van der Waals surface area contributed by atoms with Crippen LogP contribution in [0.1, 0.15) is 22.3 Å². The number of methoxy groups -OCH3 is 2. The molecule has 110 valence electrons. The Hall–Kier alpha value is -2.82. The number of aromatic amines is 1. The molecule has 0 radical (unpaired) electrons. The first kappa shape index (κ1) is 12.9. The third kappa shape index (κ3) is 1.53. The Morgan fingerprint density at radius 2 is 1.82 bits per heavy atom. The molecule has 22 heavy (non-hydrogen) atoms. The minimum Gasteiger partial charge on any atom is -0.493 e. The Kier molecular flexibility index (Phi) is 2.54. The topological polar surface area (TPSA) is 68.4 Å². The quantitative estimate of drug-likeness (QED) is 0.695. The van der Waals surface area contributed by atoms with E-state index in [9.17, 15) is 9.59 Å². The number of H-pyrrole nitrogens is 1. The summed E-state index contributed by atoms with van der Waals surface area (Å²) in [7, 11) is 3.16. The summed E-state index contributed by atoms with van der Waals surface area (Å²) in [5.74, 6) is 0.471. The number of fused-ring (bicyclic) bond motifs is 4. The standard InChI is InChI=1S/C17H13NO4/c1-21-13-6-8-5-10-15-11(3-4-12(19)17(15)20)18-16(10)9(8)7-14(13)22-2/h3,5-7,18H,4H2,1-2H3. The number of carbonyl (C=O) groups excluding carboxylic acids is 2. The lowest BCUT2D eigenvalue weighted by Crippen LogP contribution is -2.27. The summed E-state index contributed by atoms with van der Waals surface area (Å²) in [4.78, 5) is 27.1. The molecule has 0 bridgehead atoms. The second kappa shape index (κ2) is 4.34. The van der Waals surface area contributed by atoms with Gasteiger partial charge in [0.05, 0.1) is 25.1 Å². The number of benzene rings is 1. The van der Waals surface area contributed by atoms with Crippen LogP contribution in [-0.2, 0) is 4.79 Å². The van der Waals surface area contributed by atoms with Crippen LogP contribution >= 0.6 is 0 Å². The van der Waals surface area contributed by atoms with Crippen LogP contribution in [0.2, 0.25) is 0 Å². The second-order valence-electron chi connectivity index (χ2n) is 5.30. The van der Waals surface area contributed by atoms with E-state index in [0.717, 1.165) is 26.7 Å². The van der Waals surface area contributed by atoms with Crippen LogP contribution in [0, 0.1) is 10.6 Å². The van der Waals surface area contributed by atoms with Crippen LogP contribution in [0.5, 0.6) is 11.5 Å². The maximum absolute atomic E-state index is 12.2. The molecule has 0 fully saturated rings. The van der Waals surface area contributed by atoms with Gasteiger partial charge in [0.25, 0.3) is 0 Å². The maximum atomic E-state index is 12.2. The van der Waals surface area contributed by atoms with Gasteiger partial charge in [-0.05, 0) is 23.4 Å². The van der Waals surface area contributed by atoms with Gasteiger partial charge in [0.2, 0.25) is 11.6 Å². The molecule has 0 aliphatic heterocycles. The van der Waals surface area contributed by atoms with E-state index in [1.165, 1.54) is 0 Å². The number of carbonyl (C=O) groups is 2. The van der Waals surface area contributed by atoms with Gasteiger partial charge in [-0.1, -0.05) is 6.08 Å². The number of rotatable bonds is 2. The first-order valence-corrected chi connectivity index (χ1v) is 6.92. The average molecular weight is 295 g/mol. The van der Waals surface area contributed by atoms with Crippen LogP contribution in [0.4, 0.5) is 0 Å². The smallest absolute Gasteiger partial charge is 0.231 e. The van der Waals surface area contributed by atoms with Crippen molar-refractivity contribution in [1.82, 2.24) is 4.98 Å². The van der Waals surface area contributed by atoms with Gasteiger partial charge in [0.1, 0.15) is 0 Å². The van der Waals surface area contributed by atoms with Crippen molar-refractivity contribution in [2.45, 2.75) is 6.42 Å². The molecule has 0 saturated carbocycles. The summed E-state index contributed by atoms with van der Waals surface area (Å²) in [5.41, 5.74) is 1.25. The lowest BCUT2D eigenvalue weighted by Gasteiger charge is -2.06. The van der Waals surface area contributed by atoms with Gasteiger partial charge in [0.15, 0.2) is 11.5 Å². The molecule has 0 unspecified atom stereocenters. The van der Waals surface area contributed by atoms with E-state index in [4.69, 9.17) is 9.47 Å². The van der Waals surface area contributed by atoms with Crippen LogP contribution in [0.3, 0.4) is 0 Å². The third-order valence-electron chi connectivity index (χ3n) is 4.16. The lowest BCUT2D eigenvalue weighted by atomic mass is 9.98. The third-order valence-corrected chi connectivity index (χ3v) is 4.16. The zero-order valence-corrected chi connectivity index (χ0v) is 12.1. The van der Waals surface area contributed by atoms with Gasteiger partial charge in [-0.2, -0.15) is 0 Å². The van der Waals surface area contributed by atoms with Crippen molar-refractivity contribution < 1.29 is 19.1 Å². The number of aromatic nitrogens is 1. The molecule has 1 N–H and O–H groups in total. The predicted molar refractivity (Wildman–Crippen MR) is 79.2 cm³/mol. The number of nitrogens with one attached hydrogen (secondary N) is 1. The van der Waals surface area contributed by atoms with Gasteiger partial charge in [-0.3, -0.25) is 9.59 Å². The Labute approximate surface area is 125 Å². The van der Waals surface area contributed by atoms with Crippen LogP contribution < -0.4 is 20.0 Å². The Morgan fingerprint density at radius 3 is 2.55 bits per heavy atom. The van der Waals surface area contributed by atoms with Crippen molar-refractivity contribution in [2.75, 3.05) is 14.2 Å². The second-order valence-corrected chi connectivity index (χ2v) is 5.30. The fourth-order valence-corrected chi connectivity index (χ4v) is 3.10. The fraction of sp³-hybridized carbons (Fsp3) is 0.176. The van der Waals surface area contributed by atoms with E-state index in [0.29, 0.717) is 17.1 Å². The predicted octanol–water partition coefficient (Wildman–Crippen LogP) is 0.397. The molecule has 0 spiro atoms. The molecule has 0 amide bonds. The molecule has 1 aromatic heterocycles. The van der Waals surface area contributed by atoms with Gasteiger partial charge in [0, 0.05) is 22.6 Å². The zero-order valence-electron chi connectivity index (χ0n) is 12.1. The Balaban J connectivity index is 2.14. The zero-order chi connectivity index (χ0) is 15.4. The summed E-state index contributed by atoms with van der Waals surface area (Å²) >= 11 is 0. The number of hydrogen-bond acceptors (Lipinski definition) is 4. The van der Waals surface area contributed by atoms with Crippen LogP contribution in [0.25, 0.3) is 12.2 Å². The van der Waals surface area contributed by atoms with E-state index < -0.39 is 5.78 Å². The van der Waals surface area contributed by atoms with E-state index in [-0.39, 0.29) is 12.2 Å². The van der Waals surface area contributed by atoms with E-state index in [1.54, 1.807) is 20.3 Å². The molecule has 1 heterocycles. The summed E-state index contributed by atoms with van der Waals surface area (Å²) < 4.78 is 10.6. The lowest BCUT2D eigenvalue weighted by molar-refractivity contribution is -0.114.